The van der Waals surface area contributed by atoms with Crippen LogP contribution >= 0.6 is 0 Å². The van der Waals surface area contributed by atoms with Crippen molar-refractivity contribution in [2.75, 3.05) is 29.0 Å². The number of hydrogen-bond donors (Lipinski definition) is 2. The minimum atomic E-state index is -3.74. The first-order valence-electron chi connectivity index (χ1n) is 8.86. The third-order valence-electron chi connectivity index (χ3n) is 4.02. The van der Waals surface area contributed by atoms with Crippen molar-refractivity contribution < 1.29 is 12.8 Å². The molecule has 0 aliphatic heterocycles. The van der Waals surface area contributed by atoms with Crippen molar-refractivity contribution in [3.05, 3.63) is 71.8 Å². The molecule has 0 amide bonds. The Morgan fingerprint density at radius 1 is 1.00 bits per heavy atom. The molecule has 3 rings (SSSR count). The maximum Gasteiger partial charge on any atom is 0.237 e. The van der Waals surface area contributed by atoms with Crippen LogP contribution in [0, 0.1) is 12.7 Å². The summed E-state index contributed by atoms with van der Waals surface area (Å²) >= 11 is 0. The Balaban J connectivity index is 1.70. The van der Waals surface area contributed by atoms with Gasteiger partial charge in [-0.1, -0.05) is 18.2 Å². The third-order valence-corrected chi connectivity index (χ3v) is 5.25. The number of sulfonamides is 1. The lowest BCUT2D eigenvalue weighted by Crippen LogP contribution is -2.15. The van der Waals surface area contributed by atoms with Crippen LogP contribution in [0.5, 0.6) is 0 Å². The number of benzene rings is 2. The summed E-state index contributed by atoms with van der Waals surface area (Å²) in [7, 11) is 0.0540. The summed E-state index contributed by atoms with van der Waals surface area (Å²) in [6.45, 7) is 1.81. The molecule has 0 radical (unpaired) electrons. The largest absolute Gasteiger partial charge is 0.363 e. The van der Waals surface area contributed by atoms with Gasteiger partial charge in [0.15, 0.2) is 0 Å². The second-order valence-electron chi connectivity index (χ2n) is 6.71. The normalized spacial score (nSPS) is 11.2. The van der Waals surface area contributed by atoms with Crippen LogP contribution in [-0.2, 0) is 15.8 Å². The fourth-order valence-electron chi connectivity index (χ4n) is 2.65. The molecule has 7 nitrogen and oxygen atoms in total. The van der Waals surface area contributed by atoms with E-state index in [0.29, 0.717) is 17.3 Å². The van der Waals surface area contributed by atoms with Gasteiger partial charge in [0.05, 0.1) is 5.75 Å². The Morgan fingerprint density at radius 2 is 1.66 bits per heavy atom. The van der Waals surface area contributed by atoms with Crippen LogP contribution in [0.2, 0.25) is 0 Å². The molecule has 0 saturated heterocycles. The molecule has 0 saturated carbocycles. The standard InChI is InChI=1S/C20H22FN5O2S/c1-14-22-19(12-20(23-14)26(2)3)24-16-8-10-17(11-9-16)25-29(27,28)13-15-6-4-5-7-18(15)21/h4-12,25H,13H2,1-3H3,(H,22,23,24). The molecular formula is C20H22FN5O2S. The lowest BCUT2D eigenvalue weighted by Gasteiger charge is -2.14. The topological polar surface area (TPSA) is 87.2 Å². The highest BCUT2D eigenvalue weighted by atomic mass is 32.2. The van der Waals surface area contributed by atoms with E-state index in [4.69, 9.17) is 0 Å². The first kappa shape index (κ1) is 20.5. The van der Waals surface area contributed by atoms with Crippen molar-refractivity contribution in [1.29, 1.82) is 0 Å². The van der Waals surface area contributed by atoms with E-state index in [1.165, 1.54) is 18.2 Å². The van der Waals surface area contributed by atoms with Gasteiger partial charge in [-0.05, 0) is 37.3 Å². The SMILES string of the molecule is Cc1nc(Nc2ccc(NS(=O)(=O)Cc3ccccc3F)cc2)cc(N(C)C)n1. The highest BCUT2D eigenvalue weighted by Gasteiger charge is 2.14. The molecule has 2 aromatic carbocycles. The van der Waals surface area contributed by atoms with E-state index in [9.17, 15) is 12.8 Å². The van der Waals surface area contributed by atoms with Crippen molar-refractivity contribution in [2.45, 2.75) is 12.7 Å². The lowest BCUT2D eigenvalue weighted by molar-refractivity contribution is 0.591. The molecule has 9 heteroatoms. The Morgan fingerprint density at radius 3 is 2.31 bits per heavy atom. The molecule has 0 bridgehead atoms. The number of aromatic nitrogens is 2. The van der Waals surface area contributed by atoms with Gasteiger partial charge >= 0.3 is 0 Å². The van der Waals surface area contributed by atoms with E-state index in [0.717, 1.165) is 11.5 Å². The van der Waals surface area contributed by atoms with Crippen LogP contribution < -0.4 is 14.9 Å². The predicted molar refractivity (Wildman–Crippen MR) is 113 cm³/mol. The average molecular weight is 415 g/mol. The lowest BCUT2D eigenvalue weighted by atomic mass is 10.2. The fraction of sp³-hybridized carbons (Fsp3) is 0.200. The second kappa shape index (κ2) is 8.44. The minimum absolute atomic E-state index is 0.120. The molecule has 0 aliphatic rings. The Bertz CT molecular complexity index is 1100. The molecule has 3 aromatic rings. The second-order valence-corrected chi connectivity index (χ2v) is 8.43. The molecule has 0 spiro atoms. The molecule has 0 aliphatic carbocycles. The third kappa shape index (κ3) is 5.64. The van der Waals surface area contributed by atoms with Crippen LogP contribution in [-0.4, -0.2) is 32.5 Å². The van der Waals surface area contributed by atoms with Gasteiger partial charge in [0.25, 0.3) is 0 Å². The molecule has 0 unspecified atom stereocenters. The Labute approximate surface area is 169 Å². The van der Waals surface area contributed by atoms with E-state index in [1.807, 2.05) is 32.0 Å². The smallest absolute Gasteiger partial charge is 0.237 e. The molecule has 152 valence electrons. The van der Waals surface area contributed by atoms with E-state index in [2.05, 4.69) is 20.0 Å². The number of aryl methyl sites for hydroxylation is 1. The Hall–Kier alpha value is -3.20. The molecule has 1 aromatic heterocycles. The summed E-state index contributed by atoms with van der Waals surface area (Å²) in [4.78, 5) is 10.6. The summed E-state index contributed by atoms with van der Waals surface area (Å²) in [6.07, 6.45) is 0. The predicted octanol–water partition coefficient (Wildman–Crippen LogP) is 3.68. The quantitative estimate of drug-likeness (QED) is 0.612. The van der Waals surface area contributed by atoms with Gasteiger partial charge < -0.3 is 10.2 Å². The number of rotatable bonds is 7. The zero-order valence-corrected chi connectivity index (χ0v) is 17.2. The van der Waals surface area contributed by atoms with Crippen molar-refractivity contribution in [2.24, 2.45) is 0 Å². The van der Waals surface area contributed by atoms with Gasteiger partial charge in [0, 0.05) is 37.1 Å². The summed E-state index contributed by atoms with van der Waals surface area (Å²) in [5.74, 6) is 1.06. The van der Waals surface area contributed by atoms with Crippen LogP contribution in [0.4, 0.5) is 27.4 Å². The Kier molecular flexibility index (Phi) is 5.97. The highest BCUT2D eigenvalue weighted by Crippen LogP contribution is 2.21. The summed E-state index contributed by atoms with van der Waals surface area (Å²) < 4.78 is 40.8. The summed E-state index contributed by atoms with van der Waals surface area (Å²) in [5, 5.41) is 3.17. The molecular weight excluding hydrogens is 393 g/mol. The summed E-state index contributed by atoms with van der Waals surface area (Å²) in [6, 6.07) is 14.3. The van der Waals surface area contributed by atoms with Crippen molar-refractivity contribution in [3.8, 4) is 0 Å². The van der Waals surface area contributed by atoms with Gasteiger partial charge in [-0.15, -0.1) is 0 Å². The fourth-order valence-corrected chi connectivity index (χ4v) is 3.86. The maximum absolute atomic E-state index is 13.7. The molecule has 29 heavy (non-hydrogen) atoms. The van der Waals surface area contributed by atoms with Crippen molar-refractivity contribution >= 4 is 33.0 Å². The van der Waals surface area contributed by atoms with Crippen LogP contribution in [0.15, 0.2) is 54.6 Å². The zero-order valence-electron chi connectivity index (χ0n) is 16.3. The van der Waals surface area contributed by atoms with Crippen molar-refractivity contribution in [1.82, 2.24) is 9.97 Å². The maximum atomic E-state index is 13.7. The zero-order chi connectivity index (χ0) is 21.0. The van der Waals surface area contributed by atoms with Gasteiger partial charge in [0.2, 0.25) is 10.0 Å². The molecule has 2 N–H and O–H groups in total. The van der Waals surface area contributed by atoms with Gasteiger partial charge in [0.1, 0.15) is 23.3 Å². The highest BCUT2D eigenvalue weighted by molar-refractivity contribution is 7.91. The number of nitrogens with zero attached hydrogens (tertiary/aromatic N) is 3. The first-order chi connectivity index (χ1) is 13.7. The molecule has 0 fully saturated rings. The van der Waals surface area contributed by atoms with Crippen LogP contribution in [0.1, 0.15) is 11.4 Å². The monoisotopic (exact) mass is 415 g/mol. The van der Waals surface area contributed by atoms with Gasteiger partial charge in [-0.3, -0.25) is 4.72 Å². The number of hydrogen-bond acceptors (Lipinski definition) is 6. The number of halogens is 1. The van der Waals surface area contributed by atoms with Gasteiger partial charge in [-0.2, -0.15) is 0 Å². The van der Waals surface area contributed by atoms with Crippen molar-refractivity contribution in [3.63, 3.8) is 0 Å². The van der Waals surface area contributed by atoms with Crippen LogP contribution in [0.3, 0.4) is 0 Å². The minimum Gasteiger partial charge on any atom is -0.363 e. The number of anilines is 4. The van der Waals surface area contributed by atoms with E-state index in [1.54, 1.807) is 30.3 Å². The first-order valence-corrected chi connectivity index (χ1v) is 10.5. The number of nitrogens with one attached hydrogen (secondary N) is 2. The van der Waals surface area contributed by atoms with Gasteiger partial charge in [-0.25, -0.2) is 22.8 Å². The molecule has 0 atom stereocenters. The van der Waals surface area contributed by atoms with Crippen LogP contribution in [0.25, 0.3) is 0 Å². The summed E-state index contributed by atoms with van der Waals surface area (Å²) in [5.41, 5.74) is 1.25. The average Bonchev–Trinajstić information content (AvgIpc) is 2.64. The van der Waals surface area contributed by atoms with E-state index < -0.39 is 21.6 Å². The van der Waals surface area contributed by atoms with E-state index in [-0.39, 0.29) is 5.56 Å². The molecule has 1 heterocycles. The van der Waals surface area contributed by atoms with E-state index >= 15 is 0 Å².